The molecule has 18 heavy (non-hydrogen) atoms. The Kier molecular flexibility index (Phi) is 3.18. The lowest BCUT2D eigenvalue weighted by Crippen LogP contribution is -2.47. The monoisotopic (exact) mass is 248 g/mol. The summed E-state index contributed by atoms with van der Waals surface area (Å²) in [4.78, 5) is 24.9. The van der Waals surface area contributed by atoms with Crippen LogP contribution >= 0.6 is 0 Å². The first-order valence-corrected chi connectivity index (χ1v) is 6.49. The van der Waals surface area contributed by atoms with Gasteiger partial charge in [0.2, 0.25) is 0 Å². The maximum Gasteiger partial charge on any atom is 0.320 e. The van der Waals surface area contributed by atoms with E-state index in [1.54, 1.807) is 6.92 Å². The van der Waals surface area contributed by atoms with Crippen molar-refractivity contribution in [3.8, 4) is 0 Å². The van der Waals surface area contributed by atoms with E-state index < -0.39 is 5.41 Å². The summed E-state index contributed by atoms with van der Waals surface area (Å²) in [6.45, 7) is 11.9. The Balaban J connectivity index is 2.47. The smallest absolute Gasteiger partial charge is 0.320 e. The number of carbonyl (C=O) groups is 2. The largest absolute Gasteiger partial charge is 0.465 e. The Hall–Kier alpha value is -1.38. The van der Waals surface area contributed by atoms with Crippen molar-refractivity contribution in [2.24, 2.45) is 17.3 Å². The summed E-state index contributed by atoms with van der Waals surface area (Å²) in [5.41, 5.74) is 0.753. The molecule has 0 spiro atoms. The van der Waals surface area contributed by atoms with Crippen molar-refractivity contribution in [2.45, 2.75) is 33.1 Å². The molecule has 0 amide bonds. The zero-order chi connectivity index (χ0) is 13.5. The van der Waals surface area contributed by atoms with Crippen molar-refractivity contribution in [3.05, 3.63) is 24.3 Å². The minimum absolute atomic E-state index is 0.00481. The highest BCUT2D eigenvalue weighted by Crippen LogP contribution is 2.56. The van der Waals surface area contributed by atoms with Crippen molar-refractivity contribution in [2.75, 3.05) is 6.61 Å². The minimum Gasteiger partial charge on any atom is -0.465 e. The fraction of sp³-hybridized carbons (Fsp3) is 0.600. The highest BCUT2D eigenvalue weighted by Gasteiger charge is 2.62. The molecule has 2 saturated carbocycles. The standard InChI is InChI=1S/C15H20O3/c1-5-18-14(17)15-8-10(4)11(13(15)16)6-7-12(15)9(2)3/h11-12H,2,4-8H2,1,3H3/t11-,12?,15+/m0/s1. The van der Waals surface area contributed by atoms with Crippen molar-refractivity contribution < 1.29 is 14.3 Å². The van der Waals surface area contributed by atoms with Gasteiger partial charge in [0.15, 0.2) is 5.78 Å². The molecule has 0 aromatic carbocycles. The first-order valence-electron chi connectivity index (χ1n) is 6.49. The fourth-order valence-electron chi connectivity index (χ4n) is 3.52. The van der Waals surface area contributed by atoms with Crippen molar-refractivity contribution in [1.82, 2.24) is 0 Å². The van der Waals surface area contributed by atoms with Crippen LogP contribution in [-0.2, 0) is 14.3 Å². The predicted octanol–water partition coefficient (Wildman–Crippen LogP) is 2.67. The summed E-state index contributed by atoms with van der Waals surface area (Å²) in [6.07, 6.45) is 2.05. The maximum atomic E-state index is 12.5. The number of carbonyl (C=O) groups excluding carboxylic acids is 2. The molecule has 0 saturated heterocycles. The first-order chi connectivity index (χ1) is 8.45. The SMILES string of the molecule is C=C(C)C1CC[C@H]2C(=C)C[C@]1(C(=O)OCC)C2=O. The lowest BCUT2D eigenvalue weighted by atomic mass is 9.64. The molecule has 2 rings (SSSR count). The molecule has 3 nitrogen and oxygen atoms in total. The summed E-state index contributed by atoms with van der Waals surface area (Å²) < 4.78 is 5.16. The van der Waals surface area contributed by atoms with Crippen LogP contribution in [0.2, 0.25) is 0 Å². The number of hydrogen-bond acceptors (Lipinski definition) is 3. The van der Waals surface area contributed by atoms with Gasteiger partial charge in [0.25, 0.3) is 0 Å². The van der Waals surface area contributed by atoms with E-state index in [-0.39, 0.29) is 23.6 Å². The minimum atomic E-state index is -1.03. The Morgan fingerprint density at radius 1 is 1.50 bits per heavy atom. The molecule has 0 aromatic rings. The van der Waals surface area contributed by atoms with Crippen molar-refractivity contribution >= 4 is 11.8 Å². The molecule has 3 heteroatoms. The summed E-state index contributed by atoms with van der Waals surface area (Å²) in [5.74, 6) is -0.624. The normalized spacial score (nSPS) is 34.6. The molecule has 1 unspecified atom stereocenters. The summed E-state index contributed by atoms with van der Waals surface area (Å²) in [7, 11) is 0. The van der Waals surface area contributed by atoms with Crippen molar-refractivity contribution in [3.63, 3.8) is 0 Å². The zero-order valence-electron chi connectivity index (χ0n) is 11.1. The average Bonchev–Trinajstić information content (AvgIpc) is 2.47. The third kappa shape index (κ3) is 1.57. The quantitative estimate of drug-likeness (QED) is 0.438. The molecule has 2 bridgehead atoms. The van der Waals surface area contributed by atoms with E-state index in [4.69, 9.17) is 4.74 Å². The van der Waals surface area contributed by atoms with Crippen LogP contribution in [0.15, 0.2) is 24.3 Å². The second kappa shape index (κ2) is 4.38. The van der Waals surface area contributed by atoms with Gasteiger partial charge in [0, 0.05) is 11.8 Å². The van der Waals surface area contributed by atoms with Crippen LogP contribution in [0.1, 0.15) is 33.1 Å². The van der Waals surface area contributed by atoms with Crippen LogP contribution in [0, 0.1) is 17.3 Å². The molecule has 0 radical (unpaired) electrons. The Labute approximate surface area is 108 Å². The Bertz CT molecular complexity index is 435. The molecule has 0 heterocycles. The van der Waals surface area contributed by atoms with Gasteiger partial charge in [-0.05, 0) is 33.1 Å². The van der Waals surface area contributed by atoms with Crippen LogP contribution in [0.3, 0.4) is 0 Å². The van der Waals surface area contributed by atoms with Crippen LogP contribution in [0.4, 0.5) is 0 Å². The van der Waals surface area contributed by atoms with Crippen LogP contribution in [-0.4, -0.2) is 18.4 Å². The molecule has 0 aromatic heterocycles. The predicted molar refractivity (Wildman–Crippen MR) is 68.9 cm³/mol. The van der Waals surface area contributed by atoms with E-state index in [2.05, 4.69) is 13.2 Å². The van der Waals surface area contributed by atoms with E-state index in [0.717, 1.165) is 24.0 Å². The Morgan fingerprint density at radius 3 is 2.72 bits per heavy atom. The fourth-order valence-corrected chi connectivity index (χ4v) is 3.52. The second-order valence-corrected chi connectivity index (χ2v) is 5.42. The summed E-state index contributed by atoms with van der Waals surface area (Å²) in [6, 6.07) is 0. The van der Waals surface area contributed by atoms with Gasteiger partial charge in [-0.25, -0.2) is 0 Å². The molecule has 0 N–H and O–H groups in total. The van der Waals surface area contributed by atoms with Gasteiger partial charge in [0.1, 0.15) is 5.41 Å². The average molecular weight is 248 g/mol. The molecule has 3 atom stereocenters. The van der Waals surface area contributed by atoms with Crippen molar-refractivity contribution in [1.29, 1.82) is 0 Å². The highest BCUT2D eigenvalue weighted by molar-refractivity contribution is 6.09. The van der Waals surface area contributed by atoms with E-state index in [0.29, 0.717) is 13.0 Å². The number of ether oxygens (including phenoxy) is 1. The number of fused-ring (bicyclic) bond motifs is 2. The molecule has 2 aliphatic rings. The number of Topliss-reactive ketones (excluding diaryl/α,β-unsaturated/α-hetero) is 1. The third-order valence-electron chi connectivity index (χ3n) is 4.33. The molecular weight excluding hydrogens is 228 g/mol. The molecule has 98 valence electrons. The van der Waals surface area contributed by atoms with Gasteiger partial charge in [-0.2, -0.15) is 0 Å². The van der Waals surface area contributed by atoms with Gasteiger partial charge in [0.05, 0.1) is 6.61 Å². The van der Waals surface area contributed by atoms with Crippen LogP contribution in [0.25, 0.3) is 0 Å². The van der Waals surface area contributed by atoms with Gasteiger partial charge >= 0.3 is 5.97 Å². The highest BCUT2D eigenvalue weighted by atomic mass is 16.5. The van der Waals surface area contributed by atoms with E-state index in [9.17, 15) is 9.59 Å². The van der Waals surface area contributed by atoms with Gasteiger partial charge in [-0.15, -0.1) is 0 Å². The van der Waals surface area contributed by atoms with E-state index in [1.807, 2.05) is 6.92 Å². The summed E-state index contributed by atoms with van der Waals surface area (Å²) >= 11 is 0. The topological polar surface area (TPSA) is 43.4 Å². The number of rotatable bonds is 3. The number of esters is 1. The molecule has 2 aliphatic carbocycles. The second-order valence-electron chi connectivity index (χ2n) is 5.42. The molecule has 2 fully saturated rings. The Morgan fingerprint density at radius 2 is 2.17 bits per heavy atom. The van der Waals surface area contributed by atoms with E-state index >= 15 is 0 Å². The number of hydrogen-bond donors (Lipinski definition) is 0. The van der Waals surface area contributed by atoms with Gasteiger partial charge in [-0.3, -0.25) is 9.59 Å². The first kappa shape index (κ1) is 13.1. The third-order valence-corrected chi connectivity index (χ3v) is 4.33. The van der Waals surface area contributed by atoms with E-state index in [1.165, 1.54) is 0 Å². The lowest BCUT2D eigenvalue weighted by molar-refractivity contribution is -0.164. The number of ketones is 1. The van der Waals surface area contributed by atoms with Crippen LogP contribution < -0.4 is 0 Å². The van der Waals surface area contributed by atoms with Gasteiger partial charge < -0.3 is 4.74 Å². The zero-order valence-corrected chi connectivity index (χ0v) is 11.1. The molecule has 0 aliphatic heterocycles. The lowest BCUT2D eigenvalue weighted by Gasteiger charge is -2.37. The maximum absolute atomic E-state index is 12.5. The van der Waals surface area contributed by atoms with Crippen LogP contribution in [0.5, 0.6) is 0 Å². The molecular formula is C15H20O3. The summed E-state index contributed by atoms with van der Waals surface area (Å²) in [5, 5.41) is 0. The van der Waals surface area contributed by atoms with Gasteiger partial charge in [-0.1, -0.05) is 24.3 Å². The number of allylic oxidation sites excluding steroid dienone is 2.